The van der Waals surface area contributed by atoms with E-state index in [2.05, 4.69) is 21.2 Å². The van der Waals surface area contributed by atoms with Crippen LogP contribution in [0.15, 0.2) is 40.9 Å². The molecule has 0 saturated heterocycles. The van der Waals surface area contributed by atoms with Crippen LogP contribution in [0, 0.1) is 22.9 Å². The van der Waals surface area contributed by atoms with Crippen molar-refractivity contribution in [3.63, 3.8) is 0 Å². The van der Waals surface area contributed by atoms with E-state index < -0.39 is 16.6 Å². The van der Waals surface area contributed by atoms with Gasteiger partial charge < -0.3 is 5.32 Å². The Morgan fingerprint density at radius 1 is 1.29 bits per heavy atom. The molecule has 0 bridgehead atoms. The van der Waals surface area contributed by atoms with Crippen molar-refractivity contribution in [1.82, 2.24) is 0 Å². The number of hydrogen-bond donors (Lipinski definition) is 1. The van der Waals surface area contributed by atoms with Gasteiger partial charge in [0, 0.05) is 11.6 Å². The predicted molar refractivity (Wildman–Crippen MR) is 79.9 cm³/mol. The van der Waals surface area contributed by atoms with Gasteiger partial charge in [0.2, 0.25) is 0 Å². The standard InChI is InChI=1S/C14H10BrFN2O3/c1-8-2-5-11(16)12(6-8)17-14(19)9-3-4-10(15)13(7-9)18(20)21/h2-7H,1H3,(H,17,19). The molecule has 0 spiro atoms. The molecule has 0 aliphatic carbocycles. The second-order valence-corrected chi connectivity index (χ2v) is 5.22. The lowest BCUT2D eigenvalue weighted by Crippen LogP contribution is -2.13. The van der Waals surface area contributed by atoms with Crippen LogP contribution >= 0.6 is 15.9 Å². The third-order valence-corrected chi connectivity index (χ3v) is 3.45. The van der Waals surface area contributed by atoms with Gasteiger partial charge in [0.1, 0.15) is 5.82 Å². The van der Waals surface area contributed by atoms with Gasteiger partial charge in [-0.2, -0.15) is 0 Å². The molecule has 2 aromatic rings. The van der Waals surface area contributed by atoms with Crippen LogP contribution in [0.2, 0.25) is 0 Å². The smallest absolute Gasteiger partial charge is 0.284 e. The first kappa shape index (κ1) is 15.1. The molecule has 2 rings (SSSR count). The molecule has 0 atom stereocenters. The summed E-state index contributed by atoms with van der Waals surface area (Å²) in [6.07, 6.45) is 0. The fourth-order valence-electron chi connectivity index (χ4n) is 1.72. The van der Waals surface area contributed by atoms with E-state index in [-0.39, 0.29) is 21.4 Å². The fraction of sp³-hybridized carbons (Fsp3) is 0.0714. The molecule has 0 fully saturated rings. The molecule has 0 aliphatic heterocycles. The molecule has 108 valence electrons. The fourth-order valence-corrected chi connectivity index (χ4v) is 2.11. The molecule has 0 heterocycles. The Kier molecular flexibility index (Phi) is 4.32. The van der Waals surface area contributed by atoms with Crippen molar-refractivity contribution in [2.24, 2.45) is 0 Å². The molecular weight excluding hydrogens is 343 g/mol. The number of aryl methyl sites for hydroxylation is 1. The number of benzene rings is 2. The van der Waals surface area contributed by atoms with Gasteiger partial charge in [-0.3, -0.25) is 14.9 Å². The van der Waals surface area contributed by atoms with Gasteiger partial charge in [0.15, 0.2) is 0 Å². The Balaban J connectivity index is 2.30. The van der Waals surface area contributed by atoms with Crippen molar-refractivity contribution in [3.05, 3.63) is 67.9 Å². The van der Waals surface area contributed by atoms with Crippen LogP contribution in [-0.4, -0.2) is 10.8 Å². The molecule has 0 radical (unpaired) electrons. The highest BCUT2D eigenvalue weighted by Gasteiger charge is 2.16. The first-order chi connectivity index (χ1) is 9.88. The molecule has 0 aliphatic rings. The van der Waals surface area contributed by atoms with Gasteiger partial charge in [-0.25, -0.2) is 4.39 Å². The van der Waals surface area contributed by atoms with Gasteiger partial charge in [-0.1, -0.05) is 6.07 Å². The lowest BCUT2D eigenvalue weighted by Gasteiger charge is -2.07. The number of nitro groups is 1. The van der Waals surface area contributed by atoms with Crippen LogP contribution in [0.5, 0.6) is 0 Å². The average Bonchev–Trinajstić information content (AvgIpc) is 2.43. The highest BCUT2D eigenvalue weighted by Crippen LogP contribution is 2.26. The summed E-state index contributed by atoms with van der Waals surface area (Å²) in [5.74, 6) is -1.18. The summed E-state index contributed by atoms with van der Waals surface area (Å²) >= 11 is 3.03. The number of hydrogen-bond acceptors (Lipinski definition) is 3. The monoisotopic (exact) mass is 352 g/mol. The van der Waals surface area contributed by atoms with Gasteiger partial charge in [0.05, 0.1) is 15.1 Å². The Bertz CT molecular complexity index is 734. The number of amides is 1. The summed E-state index contributed by atoms with van der Waals surface area (Å²) in [6.45, 7) is 1.76. The van der Waals surface area contributed by atoms with E-state index in [1.807, 2.05) is 0 Å². The van der Waals surface area contributed by atoms with E-state index in [1.165, 1.54) is 24.3 Å². The van der Waals surface area contributed by atoms with E-state index in [9.17, 15) is 19.3 Å². The number of nitrogens with zero attached hydrogens (tertiary/aromatic N) is 1. The minimum atomic E-state index is -0.616. The zero-order chi connectivity index (χ0) is 15.6. The van der Waals surface area contributed by atoms with Crippen LogP contribution in [0.4, 0.5) is 15.8 Å². The van der Waals surface area contributed by atoms with Crippen LogP contribution < -0.4 is 5.32 Å². The SMILES string of the molecule is Cc1ccc(F)c(NC(=O)c2ccc(Br)c([N+](=O)[O-])c2)c1. The predicted octanol–water partition coefficient (Wildman–Crippen LogP) is 4.06. The summed E-state index contributed by atoms with van der Waals surface area (Å²) in [5, 5.41) is 13.2. The van der Waals surface area contributed by atoms with Gasteiger partial charge in [-0.15, -0.1) is 0 Å². The first-order valence-electron chi connectivity index (χ1n) is 5.90. The molecule has 1 N–H and O–H groups in total. The minimum Gasteiger partial charge on any atom is -0.319 e. The summed E-state index contributed by atoms with van der Waals surface area (Å²) in [7, 11) is 0. The molecule has 0 saturated carbocycles. The second-order valence-electron chi connectivity index (χ2n) is 4.36. The molecular formula is C14H10BrFN2O3. The Hall–Kier alpha value is -2.28. The van der Waals surface area contributed by atoms with Crippen molar-refractivity contribution in [1.29, 1.82) is 0 Å². The van der Waals surface area contributed by atoms with Crippen LogP contribution in [0.25, 0.3) is 0 Å². The highest BCUT2D eigenvalue weighted by molar-refractivity contribution is 9.10. The molecule has 7 heteroatoms. The van der Waals surface area contributed by atoms with Crippen LogP contribution in [0.3, 0.4) is 0 Å². The van der Waals surface area contributed by atoms with E-state index >= 15 is 0 Å². The Morgan fingerprint density at radius 3 is 2.67 bits per heavy atom. The summed E-state index contributed by atoms with van der Waals surface area (Å²) < 4.78 is 13.9. The molecule has 21 heavy (non-hydrogen) atoms. The zero-order valence-corrected chi connectivity index (χ0v) is 12.5. The van der Waals surface area contributed by atoms with Gasteiger partial charge in [0.25, 0.3) is 11.6 Å². The van der Waals surface area contributed by atoms with E-state index in [0.29, 0.717) is 0 Å². The number of carbonyl (C=O) groups is 1. The lowest BCUT2D eigenvalue weighted by atomic mass is 10.1. The highest BCUT2D eigenvalue weighted by atomic mass is 79.9. The van der Waals surface area contributed by atoms with Crippen molar-refractivity contribution in [3.8, 4) is 0 Å². The topological polar surface area (TPSA) is 72.2 Å². The number of nitro benzene ring substituents is 1. The maximum Gasteiger partial charge on any atom is 0.284 e. The number of halogens is 2. The van der Waals surface area contributed by atoms with E-state index in [4.69, 9.17) is 0 Å². The summed E-state index contributed by atoms with van der Waals surface area (Å²) in [6, 6.07) is 8.26. The Morgan fingerprint density at radius 2 is 2.00 bits per heavy atom. The average molecular weight is 353 g/mol. The maximum atomic E-state index is 13.6. The van der Waals surface area contributed by atoms with Crippen molar-refractivity contribution >= 4 is 33.2 Å². The number of carbonyl (C=O) groups excluding carboxylic acids is 1. The Labute approximate surface area is 128 Å². The van der Waals surface area contributed by atoms with E-state index in [0.717, 1.165) is 11.6 Å². The molecule has 0 aromatic heterocycles. The number of nitrogens with one attached hydrogen (secondary N) is 1. The van der Waals surface area contributed by atoms with Gasteiger partial charge >= 0.3 is 0 Å². The third kappa shape index (κ3) is 3.43. The number of anilines is 1. The van der Waals surface area contributed by atoms with E-state index in [1.54, 1.807) is 13.0 Å². The van der Waals surface area contributed by atoms with Gasteiger partial charge in [-0.05, 0) is 52.7 Å². The third-order valence-electron chi connectivity index (χ3n) is 2.78. The van der Waals surface area contributed by atoms with Crippen molar-refractivity contribution < 1.29 is 14.1 Å². The molecule has 2 aromatic carbocycles. The van der Waals surface area contributed by atoms with Crippen LogP contribution in [0.1, 0.15) is 15.9 Å². The minimum absolute atomic E-state index is 0.0329. The first-order valence-corrected chi connectivity index (χ1v) is 6.69. The molecule has 1 amide bonds. The maximum absolute atomic E-state index is 13.6. The normalized spacial score (nSPS) is 10.2. The number of rotatable bonds is 3. The van der Waals surface area contributed by atoms with Crippen molar-refractivity contribution in [2.45, 2.75) is 6.92 Å². The molecule has 5 nitrogen and oxygen atoms in total. The largest absolute Gasteiger partial charge is 0.319 e. The lowest BCUT2D eigenvalue weighted by molar-refractivity contribution is -0.385. The van der Waals surface area contributed by atoms with Crippen molar-refractivity contribution in [2.75, 3.05) is 5.32 Å². The second kappa shape index (κ2) is 6.01. The molecule has 0 unspecified atom stereocenters. The van der Waals surface area contributed by atoms with Crippen LogP contribution in [-0.2, 0) is 0 Å². The zero-order valence-electron chi connectivity index (χ0n) is 10.9. The summed E-state index contributed by atoms with van der Waals surface area (Å²) in [5.41, 5.74) is 0.664. The quantitative estimate of drug-likeness (QED) is 0.668. The summed E-state index contributed by atoms with van der Waals surface area (Å²) in [4.78, 5) is 22.3.